The standard InChI is InChI=1S/C31H24ClFN4OS/c1-20-7-2-3-10-28(20)38-23-14-11-21(12-15-23)37-30(29(35-31(37)39)26-8-4-5-17-34-26)27-9-6-18-36(27)22-13-16-25(33)24(32)19-22/h2-19,29-30H,1H3,(H,35,39)/t29-,30+/m0/s1. The van der Waals surface area contributed by atoms with E-state index in [1.807, 2.05) is 96.6 Å². The van der Waals surface area contributed by atoms with Crippen LogP contribution in [0.5, 0.6) is 11.5 Å². The molecule has 2 aromatic heterocycles. The molecule has 194 valence electrons. The summed E-state index contributed by atoms with van der Waals surface area (Å²) < 4.78 is 22.1. The summed E-state index contributed by atoms with van der Waals surface area (Å²) >= 11 is 12.0. The highest BCUT2D eigenvalue weighted by atomic mass is 35.5. The van der Waals surface area contributed by atoms with Gasteiger partial charge in [0.25, 0.3) is 0 Å². The van der Waals surface area contributed by atoms with E-state index < -0.39 is 5.82 Å². The lowest BCUT2D eigenvalue weighted by Gasteiger charge is -2.29. The molecule has 39 heavy (non-hydrogen) atoms. The smallest absolute Gasteiger partial charge is 0.174 e. The van der Waals surface area contributed by atoms with E-state index >= 15 is 0 Å². The number of ether oxygens (including phenoxy) is 1. The number of hydrogen-bond acceptors (Lipinski definition) is 3. The third-order valence-electron chi connectivity index (χ3n) is 6.80. The van der Waals surface area contributed by atoms with Gasteiger partial charge in [0.1, 0.15) is 23.4 Å². The van der Waals surface area contributed by atoms with E-state index in [2.05, 4.69) is 15.2 Å². The molecule has 5 nitrogen and oxygen atoms in total. The van der Waals surface area contributed by atoms with Crippen LogP contribution in [0.4, 0.5) is 10.1 Å². The normalized spacial score (nSPS) is 16.8. The molecule has 1 aliphatic heterocycles. The van der Waals surface area contributed by atoms with Gasteiger partial charge >= 0.3 is 0 Å². The second-order valence-corrected chi connectivity index (χ2v) is 10.1. The number of aromatic nitrogens is 2. The maximum Gasteiger partial charge on any atom is 0.174 e. The van der Waals surface area contributed by atoms with Crippen molar-refractivity contribution in [1.82, 2.24) is 14.9 Å². The average molecular weight is 555 g/mol. The molecule has 6 rings (SSSR count). The fourth-order valence-corrected chi connectivity index (χ4v) is 5.43. The monoisotopic (exact) mass is 554 g/mol. The molecular weight excluding hydrogens is 531 g/mol. The minimum absolute atomic E-state index is 0.0644. The first-order chi connectivity index (χ1) is 19.0. The van der Waals surface area contributed by atoms with Gasteiger partial charge in [-0.3, -0.25) is 4.98 Å². The molecule has 0 radical (unpaired) electrons. The number of anilines is 1. The van der Waals surface area contributed by atoms with Crippen molar-refractivity contribution >= 4 is 34.6 Å². The van der Waals surface area contributed by atoms with Gasteiger partial charge < -0.3 is 19.5 Å². The van der Waals surface area contributed by atoms with E-state index in [0.29, 0.717) is 5.11 Å². The number of halogens is 2. The van der Waals surface area contributed by atoms with Crippen LogP contribution in [0.1, 0.15) is 29.0 Å². The van der Waals surface area contributed by atoms with Crippen LogP contribution in [-0.4, -0.2) is 14.7 Å². The summed E-state index contributed by atoms with van der Waals surface area (Å²) in [6.07, 6.45) is 3.71. The van der Waals surface area contributed by atoms with Gasteiger partial charge in [-0.1, -0.05) is 35.9 Å². The second-order valence-electron chi connectivity index (χ2n) is 9.26. The summed E-state index contributed by atoms with van der Waals surface area (Å²) in [5, 5.41) is 4.12. The first kappa shape index (κ1) is 25.1. The number of pyridine rings is 1. The molecule has 1 aliphatic rings. The fraction of sp³-hybridized carbons (Fsp3) is 0.0968. The first-order valence-corrected chi connectivity index (χ1v) is 13.2. The van der Waals surface area contributed by atoms with Crippen LogP contribution in [-0.2, 0) is 0 Å². The molecule has 3 heterocycles. The van der Waals surface area contributed by atoms with E-state index in [1.54, 1.807) is 18.3 Å². The Morgan fingerprint density at radius 2 is 1.69 bits per heavy atom. The van der Waals surface area contributed by atoms with Crippen LogP contribution in [0.3, 0.4) is 0 Å². The molecule has 8 heteroatoms. The van der Waals surface area contributed by atoms with Crippen LogP contribution >= 0.6 is 23.8 Å². The van der Waals surface area contributed by atoms with Crippen LogP contribution in [0.25, 0.3) is 5.69 Å². The number of benzene rings is 3. The molecule has 1 fully saturated rings. The van der Waals surface area contributed by atoms with Gasteiger partial charge in [-0.25, -0.2) is 4.39 Å². The lowest BCUT2D eigenvalue weighted by atomic mass is 10.0. The van der Waals surface area contributed by atoms with Crippen molar-refractivity contribution in [2.24, 2.45) is 0 Å². The van der Waals surface area contributed by atoms with E-state index in [4.69, 9.17) is 28.6 Å². The molecule has 3 aromatic carbocycles. The molecule has 0 unspecified atom stereocenters. The molecule has 0 amide bonds. The molecule has 0 spiro atoms. The van der Waals surface area contributed by atoms with Gasteiger partial charge in [0, 0.05) is 29.5 Å². The second kappa shape index (κ2) is 10.5. The number of nitrogens with one attached hydrogen (secondary N) is 1. The Morgan fingerprint density at radius 1 is 0.923 bits per heavy atom. The van der Waals surface area contributed by atoms with Crippen LogP contribution < -0.4 is 15.0 Å². The summed E-state index contributed by atoms with van der Waals surface area (Å²) in [6, 6.07) is 29.8. The molecule has 5 aromatic rings. The molecule has 0 aliphatic carbocycles. The van der Waals surface area contributed by atoms with Crippen LogP contribution in [0.15, 0.2) is 109 Å². The topological polar surface area (TPSA) is 42.3 Å². The highest BCUT2D eigenvalue weighted by molar-refractivity contribution is 7.80. The van der Waals surface area contributed by atoms with Gasteiger partial charge in [-0.15, -0.1) is 0 Å². The number of thiocarbonyl (C=S) groups is 1. The molecule has 1 N–H and O–H groups in total. The predicted octanol–water partition coefficient (Wildman–Crippen LogP) is 7.94. The van der Waals surface area contributed by atoms with Gasteiger partial charge in [0.05, 0.1) is 16.8 Å². The predicted molar refractivity (Wildman–Crippen MR) is 156 cm³/mol. The Kier molecular flexibility index (Phi) is 6.77. The molecule has 0 bridgehead atoms. The summed E-state index contributed by atoms with van der Waals surface area (Å²) in [6.45, 7) is 2.02. The summed E-state index contributed by atoms with van der Waals surface area (Å²) in [7, 11) is 0. The summed E-state index contributed by atoms with van der Waals surface area (Å²) in [5.74, 6) is 1.08. The minimum Gasteiger partial charge on any atom is -0.457 e. The van der Waals surface area contributed by atoms with Crippen molar-refractivity contribution in [3.05, 3.63) is 137 Å². The maximum absolute atomic E-state index is 14.0. The van der Waals surface area contributed by atoms with Crippen LogP contribution in [0, 0.1) is 12.7 Å². The zero-order chi connectivity index (χ0) is 26.9. The van der Waals surface area contributed by atoms with E-state index in [1.165, 1.54) is 6.07 Å². The van der Waals surface area contributed by atoms with Gasteiger partial charge in [-0.2, -0.15) is 0 Å². The van der Waals surface area contributed by atoms with Crippen molar-refractivity contribution in [1.29, 1.82) is 0 Å². The largest absolute Gasteiger partial charge is 0.457 e. The van der Waals surface area contributed by atoms with Crippen LogP contribution in [0.2, 0.25) is 5.02 Å². The molecular formula is C31H24ClFN4OS. The van der Waals surface area contributed by atoms with Crippen molar-refractivity contribution in [2.45, 2.75) is 19.0 Å². The lowest BCUT2D eigenvalue weighted by molar-refractivity contribution is 0.479. The van der Waals surface area contributed by atoms with Crippen molar-refractivity contribution < 1.29 is 9.13 Å². The quantitative estimate of drug-likeness (QED) is 0.216. The minimum atomic E-state index is -0.459. The Balaban J connectivity index is 1.40. The Hall–Kier alpha value is -4.20. The third kappa shape index (κ3) is 4.87. The third-order valence-corrected chi connectivity index (χ3v) is 7.40. The number of nitrogens with zero attached hydrogens (tertiary/aromatic N) is 3. The zero-order valence-corrected chi connectivity index (χ0v) is 22.5. The zero-order valence-electron chi connectivity index (χ0n) is 21.0. The fourth-order valence-electron chi connectivity index (χ4n) is 4.91. The van der Waals surface area contributed by atoms with Gasteiger partial charge in [0.2, 0.25) is 0 Å². The Labute approximate surface area is 236 Å². The number of rotatable bonds is 6. The van der Waals surface area contributed by atoms with Crippen molar-refractivity contribution in [3.8, 4) is 17.2 Å². The van der Waals surface area contributed by atoms with Crippen molar-refractivity contribution in [2.75, 3.05) is 4.90 Å². The van der Waals surface area contributed by atoms with Gasteiger partial charge in [-0.05, 0) is 97.5 Å². The molecule has 1 saturated heterocycles. The molecule has 2 atom stereocenters. The highest BCUT2D eigenvalue weighted by Crippen LogP contribution is 2.43. The summed E-state index contributed by atoms with van der Waals surface area (Å²) in [5.41, 5.74) is 4.52. The van der Waals surface area contributed by atoms with E-state index in [0.717, 1.165) is 39.8 Å². The SMILES string of the molecule is Cc1ccccc1Oc1ccc(N2C(=S)N[C@@H](c3ccccn3)[C@H]2c2cccn2-c2ccc(F)c(Cl)c2)cc1. The maximum atomic E-state index is 14.0. The number of aryl methyl sites for hydroxylation is 1. The number of para-hydroxylation sites is 1. The first-order valence-electron chi connectivity index (χ1n) is 12.5. The molecule has 0 saturated carbocycles. The summed E-state index contributed by atoms with van der Waals surface area (Å²) in [4.78, 5) is 6.72. The van der Waals surface area contributed by atoms with Gasteiger partial charge in [0.15, 0.2) is 5.11 Å². The Bertz CT molecular complexity index is 1640. The lowest BCUT2D eigenvalue weighted by Crippen LogP contribution is -2.30. The highest BCUT2D eigenvalue weighted by Gasteiger charge is 2.42. The van der Waals surface area contributed by atoms with E-state index in [9.17, 15) is 4.39 Å². The van der Waals surface area contributed by atoms with Crippen molar-refractivity contribution in [3.63, 3.8) is 0 Å². The number of hydrogen-bond donors (Lipinski definition) is 1. The van der Waals surface area contributed by atoms with E-state index in [-0.39, 0.29) is 17.1 Å². The Morgan fingerprint density at radius 3 is 2.44 bits per heavy atom. The average Bonchev–Trinajstić information content (AvgIpc) is 3.57.